The standard InChI is InChI=1S/C16H19N3O/c1-11-5-4-6-12(9-11)16(20)17-10-15-18-13-7-2-3-8-14(13)19-15/h4-6,9H,2-3,7-8,10H2,1H3,(H,17,20)(H,18,19). The van der Waals surface area contributed by atoms with Crippen molar-refractivity contribution in [1.82, 2.24) is 15.3 Å². The number of benzene rings is 1. The first-order chi connectivity index (χ1) is 9.72. The molecule has 1 aromatic carbocycles. The van der Waals surface area contributed by atoms with Crippen LogP contribution < -0.4 is 5.32 Å². The molecule has 1 aliphatic carbocycles. The molecule has 4 nitrogen and oxygen atoms in total. The monoisotopic (exact) mass is 269 g/mol. The van der Waals surface area contributed by atoms with Gasteiger partial charge >= 0.3 is 0 Å². The molecular weight excluding hydrogens is 250 g/mol. The molecule has 0 saturated carbocycles. The van der Waals surface area contributed by atoms with Crippen LogP contribution in [-0.4, -0.2) is 15.9 Å². The van der Waals surface area contributed by atoms with Crippen LogP contribution in [-0.2, 0) is 19.4 Å². The molecule has 2 aromatic rings. The fraction of sp³-hybridized carbons (Fsp3) is 0.375. The highest BCUT2D eigenvalue weighted by Gasteiger charge is 2.14. The number of rotatable bonds is 3. The van der Waals surface area contributed by atoms with Gasteiger partial charge < -0.3 is 10.3 Å². The molecule has 20 heavy (non-hydrogen) atoms. The highest BCUT2D eigenvalue weighted by molar-refractivity contribution is 5.94. The zero-order chi connectivity index (χ0) is 13.9. The summed E-state index contributed by atoms with van der Waals surface area (Å²) in [5.74, 6) is 0.806. The van der Waals surface area contributed by atoms with Crippen LogP contribution >= 0.6 is 0 Å². The van der Waals surface area contributed by atoms with Crippen molar-refractivity contribution in [3.05, 3.63) is 52.6 Å². The SMILES string of the molecule is Cc1cccc(C(=O)NCc2nc3c([nH]2)CCCC3)c1. The zero-order valence-corrected chi connectivity index (χ0v) is 11.7. The first-order valence-electron chi connectivity index (χ1n) is 7.14. The third kappa shape index (κ3) is 2.74. The second-order valence-corrected chi connectivity index (χ2v) is 5.37. The number of aryl methyl sites for hydroxylation is 3. The van der Waals surface area contributed by atoms with Crippen LogP contribution in [0.5, 0.6) is 0 Å². The predicted octanol–water partition coefficient (Wildman–Crippen LogP) is 2.53. The van der Waals surface area contributed by atoms with Gasteiger partial charge in [-0.25, -0.2) is 4.98 Å². The highest BCUT2D eigenvalue weighted by atomic mass is 16.1. The Morgan fingerprint density at radius 1 is 1.35 bits per heavy atom. The molecule has 104 valence electrons. The number of nitrogens with one attached hydrogen (secondary N) is 2. The average molecular weight is 269 g/mol. The van der Waals surface area contributed by atoms with Crippen molar-refractivity contribution in [1.29, 1.82) is 0 Å². The number of carbonyl (C=O) groups is 1. The molecule has 0 aliphatic heterocycles. The van der Waals surface area contributed by atoms with Crippen LogP contribution in [0.25, 0.3) is 0 Å². The van der Waals surface area contributed by atoms with Gasteiger partial charge in [-0.15, -0.1) is 0 Å². The number of hydrogen-bond acceptors (Lipinski definition) is 2. The van der Waals surface area contributed by atoms with Gasteiger partial charge in [0.15, 0.2) is 0 Å². The summed E-state index contributed by atoms with van der Waals surface area (Å²) in [6, 6.07) is 7.60. The first kappa shape index (κ1) is 12.9. The van der Waals surface area contributed by atoms with Gasteiger partial charge in [-0.1, -0.05) is 17.7 Å². The number of aromatic nitrogens is 2. The summed E-state index contributed by atoms with van der Waals surface area (Å²) < 4.78 is 0. The maximum absolute atomic E-state index is 12.1. The Hall–Kier alpha value is -2.10. The van der Waals surface area contributed by atoms with Crippen LogP contribution in [0.4, 0.5) is 0 Å². The molecule has 1 aliphatic rings. The summed E-state index contributed by atoms with van der Waals surface area (Å²) in [7, 11) is 0. The summed E-state index contributed by atoms with van der Waals surface area (Å²) in [6.45, 7) is 2.44. The Bertz CT molecular complexity index is 607. The second-order valence-electron chi connectivity index (χ2n) is 5.37. The van der Waals surface area contributed by atoms with Gasteiger partial charge in [-0.3, -0.25) is 4.79 Å². The van der Waals surface area contributed by atoms with E-state index in [0.717, 1.165) is 24.2 Å². The summed E-state index contributed by atoms with van der Waals surface area (Å²) in [4.78, 5) is 20.0. The van der Waals surface area contributed by atoms with E-state index in [-0.39, 0.29) is 5.91 Å². The van der Waals surface area contributed by atoms with Crippen LogP contribution in [0, 0.1) is 6.92 Å². The second kappa shape index (κ2) is 5.49. The first-order valence-corrected chi connectivity index (χ1v) is 7.14. The average Bonchev–Trinajstić information content (AvgIpc) is 2.87. The zero-order valence-electron chi connectivity index (χ0n) is 11.7. The maximum Gasteiger partial charge on any atom is 0.251 e. The molecule has 0 unspecified atom stereocenters. The van der Waals surface area contributed by atoms with Crippen molar-refractivity contribution in [3.8, 4) is 0 Å². The number of hydrogen-bond donors (Lipinski definition) is 2. The molecule has 1 aromatic heterocycles. The number of aromatic amines is 1. The predicted molar refractivity (Wildman–Crippen MR) is 77.6 cm³/mol. The fourth-order valence-electron chi connectivity index (χ4n) is 2.65. The van der Waals surface area contributed by atoms with Crippen LogP contribution in [0.15, 0.2) is 24.3 Å². The van der Waals surface area contributed by atoms with E-state index < -0.39 is 0 Å². The maximum atomic E-state index is 12.1. The minimum atomic E-state index is -0.0527. The number of carbonyl (C=O) groups excluding carboxylic acids is 1. The highest BCUT2D eigenvalue weighted by Crippen LogP contribution is 2.18. The topological polar surface area (TPSA) is 57.8 Å². The van der Waals surface area contributed by atoms with Gasteiger partial charge in [0.05, 0.1) is 12.2 Å². The number of amides is 1. The molecule has 0 atom stereocenters. The van der Waals surface area contributed by atoms with E-state index in [0.29, 0.717) is 12.1 Å². The molecule has 3 rings (SSSR count). The van der Waals surface area contributed by atoms with Crippen molar-refractivity contribution in [2.45, 2.75) is 39.2 Å². The lowest BCUT2D eigenvalue weighted by Crippen LogP contribution is -2.23. The smallest absolute Gasteiger partial charge is 0.251 e. The Morgan fingerprint density at radius 3 is 3.00 bits per heavy atom. The molecule has 1 amide bonds. The van der Waals surface area contributed by atoms with Crippen molar-refractivity contribution in [2.75, 3.05) is 0 Å². The molecular formula is C16H19N3O. The molecule has 0 bridgehead atoms. The molecule has 4 heteroatoms. The van der Waals surface area contributed by atoms with E-state index in [1.807, 2.05) is 31.2 Å². The lowest BCUT2D eigenvalue weighted by molar-refractivity contribution is 0.0950. The van der Waals surface area contributed by atoms with Crippen LogP contribution in [0.1, 0.15) is 46.0 Å². The van der Waals surface area contributed by atoms with E-state index in [4.69, 9.17) is 0 Å². The third-order valence-electron chi connectivity index (χ3n) is 3.70. The summed E-state index contributed by atoms with van der Waals surface area (Å²) in [5.41, 5.74) is 4.21. The lowest BCUT2D eigenvalue weighted by atomic mass is 10.0. The van der Waals surface area contributed by atoms with Gasteiger partial charge in [-0.05, 0) is 44.7 Å². The van der Waals surface area contributed by atoms with E-state index in [2.05, 4.69) is 15.3 Å². The van der Waals surface area contributed by atoms with Gasteiger partial charge in [0.25, 0.3) is 5.91 Å². The Morgan fingerprint density at radius 2 is 2.20 bits per heavy atom. The Balaban J connectivity index is 1.64. The number of fused-ring (bicyclic) bond motifs is 1. The van der Waals surface area contributed by atoms with E-state index >= 15 is 0 Å². The van der Waals surface area contributed by atoms with Gasteiger partial charge in [0, 0.05) is 11.3 Å². The van der Waals surface area contributed by atoms with Gasteiger partial charge in [-0.2, -0.15) is 0 Å². The number of imidazole rings is 1. The summed E-state index contributed by atoms with van der Waals surface area (Å²) in [6.07, 6.45) is 4.57. The molecule has 0 saturated heterocycles. The summed E-state index contributed by atoms with van der Waals surface area (Å²) >= 11 is 0. The molecule has 0 radical (unpaired) electrons. The molecule has 0 fully saturated rings. The quantitative estimate of drug-likeness (QED) is 0.899. The minimum Gasteiger partial charge on any atom is -0.345 e. The van der Waals surface area contributed by atoms with Crippen LogP contribution in [0.2, 0.25) is 0 Å². The van der Waals surface area contributed by atoms with Crippen molar-refractivity contribution < 1.29 is 4.79 Å². The molecule has 2 N–H and O–H groups in total. The Kier molecular flexibility index (Phi) is 3.54. The van der Waals surface area contributed by atoms with Crippen molar-refractivity contribution in [2.24, 2.45) is 0 Å². The van der Waals surface area contributed by atoms with E-state index in [1.54, 1.807) is 0 Å². The van der Waals surface area contributed by atoms with Gasteiger partial charge in [0.1, 0.15) is 5.82 Å². The number of H-pyrrole nitrogens is 1. The van der Waals surface area contributed by atoms with E-state index in [9.17, 15) is 4.79 Å². The third-order valence-corrected chi connectivity index (χ3v) is 3.70. The minimum absolute atomic E-state index is 0.0527. The van der Waals surface area contributed by atoms with Crippen molar-refractivity contribution >= 4 is 5.91 Å². The van der Waals surface area contributed by atoms with Crippen molar-refractivity contribution in [3.63, 3.8) is 0 Å². The lowest BCUT2D eigenvalue weighted by Gasteiger charge is -2.07. The largest absolute Gasteiger partial charge is 0.345 e. The normalized spacial score (nSPS) is 13.8. The molecule has 0 spiro atoms. The van der Waals surface area contributed by atoms with Gasteiger partial charge in [0.2, 0.25) is 0 Å². The van der Waals surface area contributed by atoms with Crippen LogP contribution in [0.3, 0.4) is 0 Å². The Labute approximate surface area is 118 Å². The number of nitrogens with zero attached hydrogens (tertiary/aromatic N) is 1. The fourth-order valence-corrected chi connectivity index (χ4v) is 2.65. The molecule has 1 heterocycles. The van der Waals surface area contributed by atoms with E-state index in [1.165, 1.54) is 24.2 Å². The summed E-state index contributed by atoms with van der Waals surface area (Å²) in [5, 5.41) is 2.92.